The van der Waals surface area contributed by atoms with Crippen molar-refractivity contribution in [3.05, 3.63) is 65.5 Å². The van der Waals surface area contributed by atoms with Gasteiger partial charge in [-0.05, 0) is 42.5 Å². The number of H-pyrrole nitrogens is 1. The molecule has 0 radical (unpaired) electrons. The number of benzene rings is 1. The number of nitrogens with one attached hydrogen (secondary N) is 1. The molecule has 0 spiro atoms. The summed E-state index contributed by atoms with van der Waals surface area (Å²) in [7, 11) is 1.82. The fourth-order valence-electron chi connectivity index (χ4n) is 3.29. The molecule has 2 heterocycles. The lowest BCUT2D eigenvalue weighted by molar-refractivity contribution is 0.0783. The molecule has 0 saturated carbocycles. The Morgan fingerprint density at radius 2 is 1.88 bits per heavy atom. The van der Waals surface area contributed by atoms with E-state index >= 15 is 0 Å². The molecule has 1 aliphatic rings. The van der Waals surface area contributed by atoms with Crippen molar-refractivity contribution in [3.63, 3.8) is 0 Å². The van der Waals surface area contributed by atoms with Crippen molar-refractivity contribution in [3.8, 4) is 11.1 Å². The molecule has 0 unspecified atom stereocenters. The number of amides is 1. The topological polar surface area (TPSA) is 74.8 Å². The lowest BCUT2D eigenvalue weighted by atomic mass is 10.1. The summed E-state index contributed by atoms with van der Waals surface area (Å²) in [4.78, 5) is 22.4. The largest absolute Gasteiger partial charge is 0.336 e. The molecular formula is C19H19N5O. The van der Waals surface area contributed by atoms with Crippen LogP contribution < -0.4 is 0 Å². The average Bonchev–Trinajstić information content (AvgIpc) is 3.27. The minimum Gasteiger partial charge on any atom is -0.336 e. The summed E-state index contributed by atoms with van der Waals surface area (Å²) in [5.74, 6) is -0.00870. The number of nitrogens with zero attached hydrogens (tertiary/aromatic N) is 4. The Labute approximate surface area is 145 Å². The number of aromatic amines is 1. The van der Waals surface area contributed by atoms with Crippen LogP contribution >= 0.6 is 0 Å². The van der Waals surface area contributed by atoms with E-state index in [4.69, 9.17) is 0 Å². The molecule has 3 aromatic rings. The van der Waals surface area contributed by atoms with Gasteiger partial charge in [-0.1, -0.05) is 12.1 Å². The van der Waals surface area contributed by atoms with E-state index in [1.165, 1.54) is 24.0 Å². The maximum Gasteiger partial charge on any atom is 0.253 e. The lowest BCUT2D eigenvalue weighted by Gasteiger charge is -2.17. The van der Waals surface area contributed by atoms with Gasteiger partial charge in [0.1, 0.15) is 6.33 Å². The number of rotatable bonds is 4. The second kappa shape index (κ2) is 6.47. The number of hydrogen-bond donors (Lipinski definition) is 1. The van der Waals surface area contributed by atoms with E-state index in [0.29, 0.717) is 12.1 Å². The van der Waals surface area contributed by atoms with E-state index in [9.17, 15) is 4.79 Å². The second-order valence-corrected chi connectivity index (χ2v) is 6.35. The Morgan fingerprint density at radius 1 is 1.12 bits per heavy atom. The zero-order valence-electron chi connectivity index (χ0n) is 14.1. The van der Waals surface area contributed by atoms with E-state index in [2.05, 4.69) is 20.2 Å². The fraction of sp³-hybridized carbons (Fsp3) is 0.263. The van der Waals surface area contributed by atoms with E-state index in [-0.39, 0.29) is 5.91 Å². The van der Waals surface area contributed by atoms with Crippen molar-refractivity contribution >= 4 is 5.91 Å². The van der Waals surface area contributed by atoms with Gasteiger partial charge in [0.25, 0.3) is 5.91 Å². The van der Waals surface area contributed by atoms with Crippen LogP contribution in [0.25, 0.3) is 11.1 Å². The Hall–Kier alpha value is -3.02. The van der Waals surface area contributed by atoms with Crippen molar-refractivity contribution in [1.29, 1.82) is 0 Å². The third-order valence-electron chi connectivity index (χ3n) is 4.65. The molecule has 2 aromatic heterocycles. The molecule has 0 fully saturated rings. The van der Waals surface area contributed by atoms with Crippen LogP contribution in [0.4, 0.5) is 0 Å². The first-order valence-electron chi connectivity index (χ1n) is 8.38. The summed E-state index contributed by atoms with van der Waals surface area (Å²) < 4.78 is 0. The van der Waals surface area contributed by atoms with Gasteiger partial charge in [0.2, 0.25) is 0 Å². The van der Waals surface area contributed by atoms with Crippen molar-refractivity contribution in [2.24, 2.45) is 0 Å². The van der Waals surface area contributed by atoms with Gasteiger partial charge >= 0.3 is 0 Å². The maximum absolute atomic E-state index is 12.7. The Bertz CT molecular complexity index is 886. The van der Waals surface area contributed by atoms with E-state index in [1.54, 1.807) is 17.3 Å². The highest BCUT2D eigenvalue weighted by molar-refractivity contribution is 5.94. The van der Waals surface area contributed by atoms with Crippen LogP contribution in [0, 0.1) is 0 Å². The van der Waals surface area contributed by atoms with Gasteiger partial charge in [-0.2, -0.15) is 5.10 Å². The SMILES string of the molecule is CN(Cc1n[nH]c2c1CCC2)C(=O)c1ccc(-c2cncnc2)cc1. The molecule has 0 atom stereocenters. The summed E-state index contributed by atoms with van der Waals surface area (Å²) >= 11 is 0. The third-order valence-corrected chi connectivity index (χ3v) is 4.65. The van der Waals surface area contributed by atoms with Gasteiger partial charge < -0.3 is 4.90 Å². The Morgan fingerprint density at radius 3 is 2.64 bits per heavy atom. The van der Waals surface area contributed by atoms with Gasteiger partial charge in [0, 0.05) is 36.3 Å². The molecule has 0 bridgehead atoms. The quantitative estimate of drug-likeness (QED) is 0.796. The molecule has 0 aliphatic heterocycles. The van der Waals surface area contributed by atoms with Crippen LogP contribution in [0.15, 0.2) is 43.0 Å². The molecule has 1 amide bonds. The molecule has 1 aromatic carbocycles. The first kappa shape index (κ1) is 15.5. The Kier molecular flexibility index (Phi) is 4.01. The zero-order valence-corrected chi connectivity index (χ0v) is 14.1. The summed E-state index contributed by atoms with van der Waals surface area (Å²) in [5.41, 5.74) is 6.09. The van der Waals surface area contributed by atoms with Crippen molar-refractivity contribution in [2.45, 2.75) is 25.8 Å². The van der Waals surface area contributed by atoms with Crippen LogP contribution in [0.3, 0.4) is 0 Å². The number of fused-ring (bicyclic) bond motifs is 1. The highest BCUT2D eigenvalue weighted by atomic mass is 16.2. The van der Waals surface area contributed by atoms with Crippen LogP contribution in [0.2, 0.25) is 0 Å². The molecule has 1 aliphatic carbocycles. The van der Waals surface area contributed by atoms with Crippen LogP contribution in [0.1, 0.15) is 33.7 Å². The smallest absolute Gasteiger partial charge is 0.253 e. The normalized spacial score (nSPS) is 12.8. The van der Waals surface area contributed by atoms with E-state index < -0.39 is 0 Å². The number of aryl methyl sites for hydroxylation is 1. The van der Waals surface area contributed by atoms with Crippen LogP contribution in [-0.2, 0) is 19.4 Å². The second-order valence-electron chi connectivity index (χ2n) is 6.35. The maximum atomic E-state index is 12.7. The highest BCUT2D eigenvalue weighted by Crippen LogP contribution is 2.24. The van der Waals surface area contributed by atoms with Gasteiger partial charge in [-0.15, -0.1) is 0 Å². The Balaban J connectivity index is 1.48. The minimum absolute atomic E-state index is 0.00870. The zero-order chi connectivity index (χ0) is 17.2. The summed E-state index contributed by atoms with van der Waals surface area (Å²) in [5, 5.41) is 7.47. The molecule has 4 rings (SSSR count). The molecule has 1 N–H and O–H groups in total. The predicted molar refractivity (Wildman–Crippen MR) is 93.9 cm³/mol. The fourth-order valence-corrected chi connectivity index (χ4v) is 3.29. The molecular weight excluding hydrogens is 314 g/mol. The number of carbonyl (C=O) groups is 1. The van der Waals surface area contributed by atoms with Gasteiger partial charge in [0.15, 0.2) is 0 Å². The van der Waals surface area contributed by atoms with Crippen LogP contribution in [0.5, 0.6) is 0 Å². The van der Waals surface area contributed by atoms with Gasteiger partial charge in [0.05, 0.1) is 12.2 Å². The molecule has 25 heavy (non-hydrogen) atoms. The average molecular weight is 333 g/mol. The highest BCUT2D eigenvalue weighted by Gasteiger charge is 2.21. The number of aromatic nitrogens is 4. The van der Waals surface area contributed by atoms with Gasteiger partial charge in [-0.3, -0.25) is 9.89 Å². The molecule has 6 nitrogen and oxygen atoms in total. The summed E-state index contributed by atoms with van der Waals surface area (Å²) in [6, 6.07) is 7.53. The van der Waals surface area contributed by atoms with Crippen molar-refractivity contribution in [1.82, 2.24) is 25.1 Å². The standard InChI is InChI=1S/C19H19N5O/c1-24(11-18-16-3-2-4-17(16)22-23-18)19(25)14-7-5-13(6-8-14)15-9-20-12-21-10-15/h5-10,12H,2-4,11H2,1H3,(H,22,23). The molecule has 6 heteroatoms. The van der Waals surface area contributed by atoms with Crippen LogP contribution in [-0.4, -0.2) is 38.0 Å². The number of carbonyl (C=O) groups excluding carboxylic acids is 1. The van der Waals surface area contributed by atoms with Gasteiger partial charge in [-0.25, -0.2) is 9.97 Å². The van der Waals surface area contributed by atoms with E-state index in [1.807, 2.05) is 31.3 Å². The third kappa shape index (κ3) is 3.03. The van der Waals surface area contributed by atoms with Crippen molar-refractivity contribution in [2.75, 3.05) is 7.05 Å². The first-order chi connectivity index (χ1) is 12.2. The monoisotopic (exact) mass is 333 g/mol. The predicted octanol–water partition coefficient (Wildman–Crippen LogP) is 2.63. The summed E-state index contributed by atoms with van der Waals surface area (Å²) in [6.45, 7) is 0.527. The number of hydrogen-bond acceptors (Lipinski definition) is 4. The van der Waals surface area contributed by atoms with E-state index in [0.717, 1.165) is 29.7 Å². The first-order valence-corrected chi connectivity index (χ1v) is 8.38. The van der Waals surface area contributed by atoms with Crippen molar-refractivity contribution < 1.29 is 4.79 Å². The lowest BCUT2D eigenvalue weighted by Crippen LogP contribution is -2.26. The minimum atomic E-state index is -0.00870. The molecule has 126 valence electrons. The molecule has 0 saturated heterocycles. The summed E-state index contributed by atoms with van der Waals surface area (Å²) in [6.07, 6.45) is 8.30.